The maximum absolute atomic E-state index is 12.7. The molecule has 2 amide bonds. The lowest BCUT2D eigenvalue weighted by Gasteiger charge is -2.09. The van der Waals surface area contributed by atoms with Crippen LogP contribution in [-0.2, 0) is 12.8 Å². The van der Waals surface area contributed by atoms with Gasteiger partial charge >= 0.3 is 6.03 Å². The number of carbonyl (C=O) groups is 1. The normalized spacial score (nSPS) is 13.2. The Morgan fingerprint density at radius 1 is 1.40 bits per heavy atom. The summed E-state index contributed by atoms with van der Waals surface area (Å²) < 4.78 is 1.35. The van der Waals surface area contributed by atoms with Crippen LogP contribution >= 0.6 is 22.9 Å². The summed E-state index contributed by atoms with van der Waals surface area (Å²) in [6, 6.07) is 8.45. The summed E-state index contributed by atoms with van der Waals surface area (Å²) in [5.41, 5.74) is 2.66. The van der Waals surface area contributed by atoms with Gasteiger partial charge in [-0.1, -0.05) is 17.7 Å². The number of nitrogens with one attached hydrogen (secondary N) is 2. The molecule has 0 aliphatic heterocycles. The molecule has 0 atom stereocenters. The van der Waals surface area contributed by atoms with Crippen molar-refractivity contribution in [3.63, 3.8) is 0 Å². The number of aryl methyl sites for hydroxylation is 2. The quantitative estimate of drug-likeness (QED) is 0.583. The maximum atomic E-state index is 12.7. The van der Waals surface area contributed by atoms with E-state index in [9.17, 15) is 14.9 Å². The van der Waals surface area contributed by atoms with Crippen LogP contribution in [0.5, 0.6) is 0 Å². The van der Waals surface area contributed by atoms with E-state index in [1.54, 1.807) is 31.2 Å². The van der Waals surface area contributed by atoms with Crippen molar-refractivity contribution in [1.82, 2.24) is 9.78 Å². The molecule has 9 heteroatoms. The molecule has 30 heavy (non-hydrogen) atoms. The molecule has 0 radical (unpaired) electrons. The molecule has 152 valence electrons. The number of amides is 2. The zero-order valence-corrected chi connectivity index (χ0v) is 17.7. The maximum Gasteiger partial charge on any atom is 0.346 e. The summed E-state index contributed by atoms with van der Waals surface area (Å²) in [5, 5.41) is 16.2. The van der Waals surface area contributed by atoms with E-state index in [2.05, 4.69) is 21.5 Å². The van der Waals surface area contributed by atoms with Crippen molar-refractivity contribution in [2.45, 2.75) is 32.6 Å². The average molecular weight is 440 g/mol. The number of hydrogen-bond acceptors (Lipinski definition) is 4. The summed E-state index contributed by atoms with van der Waals surface area (Å²) in [4.78, 5) is 30.1. The number of hydrogen-bond donors (Lipinski definition) is 2. The van der Waals surface area contributed by atoms with Crippen LogP contribution in [0.3, 0.4) is 0 Å². The van der Waals surface area contributed by atoms with Gasteiger partial charge in [-0.3, -0.25) is 15.2 Å². The molecule has 4 rings (SSSR count). The number of nitrogens with zero attached hydrogens (tertiary/aromatic N) is 3. The number of urea groups is 1. The monoisotopic (exact) mass is 439 g/mol. The second-order valence-electron chi connectivity index (χ2n) is 6.99. The fourth-order valence-electron chi connectivity index (χ4n) is 3.53. The number of fused-ring (bicyclic) bond motifs is 1. The van der Waals surface area contributed by atoms with Gasteiger partial charge in [-0.05, 0) is 56.4 Å². The summed E-state index contributed by atoms with van der Waals surface area (Å²) in [5.74, 6) is 0. The number of nitriles is 1. The Hall–Kier alpha value is -3.15. The Kier molecular flexibility index (Phi) is 5.57. The van der Waals surface area contributed by atoms with Gasteiger partial charge < -0.3 is 0 Å². The highest BCUT2D eigenvalue weighted by Gasteiger charge is 2.21. The van der Waals surface area contributed by atoms with Crippen LogP contribution in [0.4, 0.5) is 9.80 Å². The number of aromatic nitrogens is 2. The first-order valence-electron chi connectivity index (χ1n) is 9.45. The predicted molar refractivity (Wildman–Crippen MR) is 118 cm³/mol. The number of rotatable bonds is 3. The lowest BCUT2D eigenvalue weighted by atomic mass is 9.96. The van der Waals surface area contributed by atoms with Crippen molar-refractivity contribution in [1.29, 1.82) is 5.26 Å². The zero-order chi connectivity index (χ0) is 21.3. The molecule has 0 saturated carbocycles. The minimum absolute atomic E-state index is 0.274. The fourth-order valence-corrected chi connectivity index (χ4v) is 4.95. The first-order valence-corrected chi connectivity index (χ1v) is 10.6. The topological polar surface area (TPSA) is 103 Å². The molecule has 0 unspecified atom stereocenters. The van der Waals surface area contributed by atoms with Crippen LogP contribution in [0.15, 0.2) is 34.1 Å². The highest BCUT2D eigenvalue weighted by Crippen LogP contribution is 2.37. The van der Waals surface area contributed by atoms with Crippen LogP contribution in [-0.4, -0.2) is 22.0 Å². The van der Waals surface area contributed by atoms with Crippen molar-refractivity contribution in [2.24, 2.45) is 4.99 Å². The molecule has 7 nitrogen and oxygen atoms in total. The number of aliphatic imine (C=N–C) groups is 1. The zero-order valence-electron chi connectivity index (χ0n) is 16.2. The minimum atomic E-state index is -0.626. The lowest BCUT2D eigenvalue weighted by molar-refractivity contribution is 0.260. The molecule has 1 aromatic carbocycles. The smallest absolute Gasteiger partial charge is 0.296 e. The standard InChI is InChI=1S/C21H18ClN5O2S/c1-12-17(20(28)27(26-12)14-6-4-5-13(22)9-14)11-24-21(29)25-19-16(10-23)15-7-2-3-8-18(15)30-19/h4-6,9,11,26H,2-3,7-8H2,1H3,(H,25,29)/b24-11+. The van der Waals surface area contributed by atoms with Crippen molar-refractivity contribution in [3.8, 4) is 11.8 Å². The van der Waals surface area contributed by atoms with Gasteiger partial charge in [0, 0.05) is 21.8 Å². The molecule has 3 aromatic rings. The van der Waals surface area contributed by atoms with E-state index in [-0.39, 0.29) is 11.1 Å². The first kappa shape index (κ1) is 20.1. The second-order valence-corrected chi connectivity index (χ2v) is 8.53. The molecule has 0 spiro atoms. The van der Waals surface area contributed by atoms with Crippen LogP contribution in [0.25, 0.3) is 5.69 Å². The molecule has 0 fully saturated rings. The minimum Gasteiger partial charge on any atom is -0.296 e. The molecule has 2 heterocycles. The van der Waals surface area contributed by atoms with Gasteiger partial charge in [0.05, 0.1) is 16.8 Å². The van der Waals surface area contributed by atoms with E-state index in [0.717, 1.165) is 36.1 Å². The van der Waals surface area contributed by atoms with Crippen LogP contribution in [0, 0.1) is 18.3 Å². The SMILES string of the molecule is Cc1[nH]n(-c2cccc(Cl)c2)c(=O)c1/C=N/C(=O)Nc1sc2c(c1C#N)CCCC2. The van der Waals surface area contributed by atoms with Gasteiger partial charge in [-0.25, -0.2) is 14.5 Å². The molecular weight excluding hydrogens is 422 g/mol. The highest BCUT2D eigenvalue weighted by molar-refractivity contribution is 7.16. The van der Waals surface area contributed by atoms with Gasteiger partial charge in [0.15, 0.2) is 0 Å². The number of benzene rings is 1. The number of anilines is 1. The van der Waals surface area contributed by atoms with Gasteiger partial charge in [0.1, 0.15) is 11.1 Å². The van der Waals surface area contributed by atoms with Crippen LogP contribution in [0.1, 0.15) is 40.1 Å². The van der Waals surface area contributed by atoms with E-state index in [0.29, 0.717) is 27.0 Å². The summed E-state index contributed by atoms with van der Waals surface area (Å²) in [6.07, 6.45) is 5.17. The number of carbonyl (C=O) groups excluding carboxylic acids is 1. The number of halogens is 1. The second kappa shape index (κ2) is 8.30. The molecular formula is C21H18ClN5O2S. The average Bonchev–Trinajstić information content (AvgIpc) is 3.22. The highest BCUT2D eigenvalue weighted by atomic mass is 35.5. The fraction of sp³-hybridized carbons (Fsp3) is 0.238. The number of H-pyrrole nitrogens is 1. The summed E-state index contributed by atoms with van der Waals surface area (Å²) >= 11 is 7.44. The van der Waals surface area contributed by atoms with E-state index >= 15 is 0 Å². The molecule has 2 N–H and O–H groups in total. The van der Waals surface area contributed by atoms with Crippen molar-refractivity contribution in [2.75, 3.05) is 5.32 Å². The first-order chi connectivity index (χ1) is 14.5. The summed E-state index contributed by atoms with van der Waals surface area (Å²) in [7, 11) is 0. The van der Waals surface area contributed by atoms with Crippen LogP contribution in [0.2, 0.25) is 5.02 Å². The Morgan fingerprint density at radius 3 is 2.97 bits per heavy atom. The third kappa shape index (κ3) is 3.82. The van der Waals surface area contributed by atoms with Crippen molar-refractivity contribution >= 4 is 40.2 Å². The van der Waals surface area contributed by atoms with Gasteiger partial charge in [0.2, 0.25) is 0 Å². The number of thiophene rings is 1. The van der Waals surface area contributed by atoms with Crippen molar-refractivity contribution in [3.05, 3.63) is 66.9 Å². The third-order valence-corrected chi connectivity index (χ3v) is 6.44. The largest absolute Gasteiger partial charge is 0.346 e. The molecule has 1 aliphatic carbocycles. The molecule has 1 aliphatic rings. The van der Waals surface area contributed by atoms with Gasteiger partial charge in [0.25, 0.3) is 5.56 Å². The Bertz CT molecular complexity index is 1260. The van der Waals surface area contributed by atoms with Crippen LogP contribution < -0.4 is 10.9 Å². The Labute approximate surface area is 181 Å². The Morgan fingerprint density at radius 2 is 2.20 bits per heavy atom. The van der Waals surface area contributed by atoms with E-state index in [4.69, 9.17) is 11.6 Å². The lowest BCUT2D eigenvalue weighted by Crippen LogP contribution is -2.17. The summed E-state index contributed by atoms with van der Waals surface area (Å²) in [6.45, 7) is 1.73. The molecule has 0 bridgehead atoms. The van der Waals surface area contributed by atoms with Gasteiger partial charge in [-0.2, -0.15) is 5.26 Å². The van der Waals surface area contributed by atoms with Gasteiger partial charge in [-0.15, -0.1) is 11.3 Å². The van der Waals surface area contributed by atoms with Crippen molar-refractivity contribution < 1.29 is 4.79 Å². The molecule has 2 aromatic heterocycles. The Balaban J connectivity index is 1.57. The van der Waals surface area contributed by atoms with E-state index < -0.39 is 6.03 Å². The predicted octanol–water partition coefficient (Wildman–Crippen LogP) is 4.59. The van der Waals surface area contributed by atoms with E-state index in [1.807, 2.05) is 0 Å². The van der Waals surface area contributed by atoms with E-state index in [1.165, 1.54) is 22.2 Å². The number of aromatic amines is 1. The third-order valence-electron chi connectivity index (χ3n) is 5.00. The molecule has 0 saturated heterocycles.